The van der Waals surface area contributed by atoms with Gasteiger partial charge in [0.2, 0.25) is 5.91 Å². The molecule has 0 radical (unpaired) electrons. The molecule has 1 heterocycles. The summed E-state index contributed by atoms with van der Waals surface area (Å²) in [6.07, 6.45) is 3.30. The normalized spacial score (nSPS) is 29.8. The summed E-state index contributed by atoms with van der Waals surface area (Å²) in [4.78, 5) is 10.8. The van der Waals surface area contributed by atoms with Gasteiger partial charge < -0.3 is 10.1 Å². The van der Waals surface area contributed by atoms with E-state index in [2.05, 4.69) is 12.2 Å². The fourth-order valence-corrected chi connectivity index (χ4v) is 1.58. The van der Waals surface area contributed by atoms with Gasteiger partial charge in [-0.2, -0.15) is 0 Å². The van der Waals surface area contributed by atoms with Crippen molar-refractivity contribution in [3.8, 4) is 0 Å². The van der Waals surface area contributed by atoms with E-state index in [0.29, 0.717) is 12.1 Å². The van der Waals surface area contributed by atoms with Gasteiger partial charge in [0.05, 0.1) is 6.10 Å². The zero-order valence-corrected chi connectivity index (χ0v) is 7.80. The van der Waals surface area contributed by atoms with Crippen molar-refractivity contribution in [2.45, 2.75) is 45.3 Å². The van der Waals surface area contributed by atoms with Gasteiger partial charge in [-0.25, -0.2) is 0 Å². The van der Waals surface area contributed by atoms with Crippen LogP contribution in [0.25, 0.3) is 0 Å². The molecule has 1 rings (SSSR count). The van der Waals surface area contributed by atoms with Crippen LogP contribution in [0.4, 0.5) is 0 Å². The molecule has 12 heavy (non-hydrogen) atoms. The zero-order chi connectivity index (χ0) is 8.97. The molecule has 1 aliphatic rings. The summed E-state index contributed by atoms with van der Waals surface area (Å²) >= 11 is 0. The van der Waals surface area contributed by atoms with E-state index in [1.807, 2.05) is 0 Å². The summed E-state index contributed by atoms with van der Waals surface area (Å²) in [5, 5.41) is 2.93. The van der Waals surface area contributed by atoms with Crippen molar-refractivity contribution in [2.75, 3.05) is 6.61 Å². The SMILES string of the molecule is CC[C@@H]1C[C@H](NC(C)=O)CCO1. The third kappa shape index (κ3) is 2.81. The van der Waals surface area contributed by atoms with Crippen LogP contribution in [0.1, 0.15) is 33.1 Å². The van der Waals surface area contributed by atoms with Crippen molar-refractivity contribution in [2.24, 2.45) is 0 Å². The molecule has 1 fully saturated rings. The number of ether oxygens (including phenoxy) is 1. The Hall–Kier alpha value is -0.570. The van der Waals surface area contributed by atoms with Gasteiger partial charge in [-0.05, 0) is 19.3 Å². The first-order valence-electron chi connectivity index (χ1n) is 4.61. The van der Waals surface area contributed by atoms with Gasteiger partial charge in [0.25, 0.3) is 0 Å². The third-order valence-corrected chi connectivity index (χ3v) is 2.23. The van der Waals surface area contributed by atoms with Crippen LogP contribution in [0.2, 0.25) is 0 Å². The Labute approximate surface area is 73.5 Å². The molecule has 0 aromatic rings. The second-order valence-corrected chi connectivity index (χ2v) is 3.32. The molecule has 0 bridgehead atoms. The van der Waals surface area contributed by atoms with Gasteiger partial charge in [0.1, 0.15) is 0 Å². The first-order valence-corrected chi connectivity index (χ1v) is 4.61. The number of hydrogen-bond donors (Lipinski definition) is 1. The Morgan fingerprint density at radius 1 is 1.67 bits per heavy atom. The van der Waals surface area contributed by atoms with Gasteiger partial charge >= 0.3 is 0 Å². The van der Waals surface area contributed by atoms with E-state index in [4.69, 9.17) is 4.74 Å². The van der Waals surface area contributed by atoms with E-state index in [1.54, 1.807) is 6.92 Å². The molecule has 1 saturated heterocycles. The maximum absolute atomic E-state index is 10.8. The molecule has 0 aromatic carbocycles. The highest BCUT2D eigenvalue weighted by atomic mass is 16.5. The summed E-state index contributed by atoms with van der Waals surface area (Å²) in [6.45, 7) is 4.46. The van der Waals surface area contributed by atoms with Crippen molar-refractivity contribution in [1.29, 1.82) is 0 Å². The van der Waals surface area contributed by atoms with Crippen molar-refractivity contribution >= 4 is 5.91 Å². The fraction of sp³-hybridized carbons (Fsp3) is 0.889. The Morgan fingerprint density at radius 2 is 2.42 bits per heavy atom. The highest BCUT2D eigenvalue weighted by Crippen LogP contribution is 2.15. The Kier molecular flexibility index (Phi) is 3.53. The molecule has 0 aliphatic carbocycles. The lowest BCUT2D eigenvalue weighted by molar-refractivity contribution is -0.120. The fourth-order valence-electron chi connectivity index (χ4n) is 1.58. The molecular weight excluding hydrogens is 154 g/mol. The number of amides is 1. The summed E-state index contributed by atoms with van der Waals surface area (Å²) in [5.41, 5.74) is 0. The molecule has 3 heteroatoms. The number of carbonyl (C=O) groups is 1. The first kappa shape index (κ1) is 9.52. The van der Waals surface area contributed by atoms with Crippen molar-refractivity contribution in [1.82, 2.24) is 5.32 Å². The molecular formula is C9H17NO2. The maximum atomic E-state index is 10.8. The highest BCUT2D eigenvalue weighted by molar-refractivity contribution is 5.73. The van der Waals surface area contributed by atoms with Gasteiger partial charge in [0, 0.05) is 19.6 Å². The predicted octanol–water partition coefficient (Wildman–Crippen LogP) is 1.08. The summed E-state index contributed by atoms with van der Waals surface area (Å²) < 4.78 is 5.49. The zero-order valence-electron chi connectivity index (χ0n) is 7.80. The van der Waals surface area contributed by atoms with Crippen LogP contribution >= 0.6 is 0 Å². The Morgan fingerprint density at radius 3 is 3.00 bits per heavy atom. The molecule has 2 atom stereocenters. The molecule has 3 nitrogen and oxygen atoms in total. The van der Waals surface area contributed by atoms with Crippen LogP contribution in [0.15, 0.2) is 0 Å². The number of hydrogen-bond acceptors (Lipinski definition) is 2. The highest BCUT2D eigenvalue weighted by Gasteiger charge is 2.21. The van der Waals surface area contributed by atoms with Crippen LogP contribution in [0.5, 0.6) is 0 Å². The van der Waals surface area contributed by atoms with Gasteiger partial charge in [0.15, 0.2) is 0 Å². The minimum atomic E-state index is 0.0664. The largest absolute Gasteiger partial charge is 0.378 e. The molecule has 0 saturated carbocycles. The average molecular weight is 171 g/mol. The maximum Gasteiger partial charge on any atom is 0.217 e. The molecule has 1 aliphatic heterocycles. The van der Waals surface area contributed by atoms with Crippen LogP contribution in [-0.4, -0.2) is 24.7 Å². The van der Waals surface area contributed by atoms with Gasteiger partial charge in [-0.3, -0.25) is 4.79 Å². The van der Waals surface area contributed by atoms with Crippen LogP contribution in [-0.2, 0) is 9.53 Å². The van der Waals surface area contributed by atoms with Crippen LogP contribution < -0.4 is 5.32 Å². The Balaban J connectivity index is 2.30. The second-order valence-electron chi connectivity index (χ2n) is 3.32. The van der Waals surface area contributed by atoms with Crippen LogP contribution in [0, 0.1) is 0 Å². The van der Waals surface area contributed by atoms with Crippen molar-refractivity contribution < 1.29 is 9.53 Å². The third-order valence-electron chi connectivity index (χ3n) is 2.23. The Bertz CT molecular complexity index is 159. The molecule has 0 aromatic heterocycles. The lowest BCUT2D eigenvalue weighted by Gasteiger charge is -2.29. The molecule has 1 amide bonds. The first-order chi connectivity index (χ1) is 5.72. The number of nitrogens with one attached hydrogen (secondary N) is 1. The predicted molar refractivity (Wildman–Crippen MR) is 46.9 cm³/mol. The molecule has 1 N–H and O–H groups in total. The van der Waals surface area contributed by atoms with E-state index in [0.717, 1.165) is 25.9 Å². The van der Waals surface area contributed by atoms with E-state index in [1.165, 1.54) is 0 Å². The second kappa shape index (κ2) is 4.45. The van der Waals surface area contributed by atoms with E-state index in [9.17, 15) is 4.79 Å². The smallest absolute Gasteiger partial charge is 0.217 e. The van der Waals surface area contributed by atoms with Gasteiger partial charge in [-0.1, -0.05) is 6.92 Å². The van der Waals surface area contributed by atoms with Crippen LogP contribution in [0.3, 0.4) is 0 Å². The standard InChI is InChI=1S/C9H17NO2/c1-3-9-6-8(4-5-12-9)10-7(2)11/h8-9H,3-6H2,1-2H3,(H,10,11)/t8-,9-/m1/s1. The minimum Gasteiger partial charge on any atom is -0.378 e. The van der Waals surface area contributed by atoms with E-state index in [-0.39, 0.29) is 5.91 Å². The summed E-state index contributed by atoms with van der Waals surface area (Å²) in [5.74, 6) is 0.0664. The van der Waals surface area contributed by atoms with Crippen molar-refractivity contribution in [3.63, 3.8) is 0 Å². The minimum absolute atomic E-state index is 0.0664. The monoisotopic (exact) mass is 171 g/mol. The number of rotatable bonds is 2. The molecule has 0 unspecified atom stereocenters. The van der Waals surface area contributed by atoms with E-state index < -0.39 is 0 Å². The lowest BCUT2D eigenvalue weighted by Crippen LogP contribution is -2.40. The summed E-state index contributed by atoms with van der Waals surface area (Å²) in [6, 6.07) is 0.334. The average Bonchev–Trinajstić information content (AvgIpc) is 2.03. The lowest BCUT2D eigenvalue weighted by atomic mass is 10.0. The van der Waals surface area contributed by atoms with Crippen molar-refractivity contribution in [3.05, 3.63) is 0 Å². The molecule has 70 valence electrons. The quantitative estimate of drug-likeness (QED) is 0.675. The topological polar surface area (TPSA) is 38.3 Å². The van der Waals surface area contributed by atoms with Gasteiger partial charge in [-0.15, -0.1) is 0 Å². The van der Waals surface area contributed by atoms with E-state index >= 15 is 0 Å². The number of carbonyl (C=O) groups excluding carboxylic acids is 1. The summed E-state index contributed by atoms with van der Waals surface area (Å²) in [7, 11) is 0. The molecule has 0 spiro atoms.